The summed E-state index contributed by atoms with van der Waals surface area (Å²) in [5.41, 5.74) is 0. The lowest BCUT2D eigenvalue weighted by molar-refractivity contribution is -0.143. The molecule has 84 valence electrons. The monoisotopic (exact) mass is 236 g/mol. The van der Waals surface area contributed by atoms with Crippen LogP contribution in [0.5, 0.6) is 0 Å². The Kier molecular flexibility index (Phi) is 2.29. The first-order valence-electron chi connectivity index (χ1n) is 5.41. The highest BCUT2D eigenvalue weighted by Gasteiger charge is 2.44. The van der Waals surface area contributed by atoms with Gasteiger partial charge in [-0.25, -0.2) is 0 Å². The van der Waals surface area contributed by atoms with Gasteiger partial charge < -0.3 is 0 Å². The predicted octanol–water partition coefficient (Wildman–Crippen LogP) is 0.910. The maximum absolute atomic E-state index is 11.9. The largest absolute Gasteiger partial charge is 0.293 e. The van der Waals surface area contributed by atoms with Gasteiger partial charge in [0.2, 0.25) is 11.8 Å². The number of carbonyl (C=O) groups is 2. The summed E-state index contributed by atoms with van der Waals surface area (Å²) in [6.45, 7) is 0.840. The number of piperazine rings is 1. The third-order valence-corrected chi connectivity index (χ3v) is 4.16. The van der Waals surface area contributed by atoms with E-state index in [0.29, 0.717) is 0 Å². The molecule has 1 N–H and O–H groups in total. The van der Waals surface area contributed by atoms with Crippen molar-refractivity contribution in [1.82, 2.24) is 10.2 Å². The summed E-state index contributed by atoms with van der Waals surface area (Å²) < 4.78 is 0. The molecule has 2 amide bonds. The fourth-order valence-electron chi connectivity index (χ4n) is 2.54. The summed E-state index contributed by atoms with van der Waals surface area (Å²) in [5, 5.41) is 4.44. The van der Waals surface area contributed by atoms with Crippen LogP contribution >= 0.6 is 11.3 Å². The van der Waals surface area contributed by atoms with E-state index >= 15 is 0 Å². The second-order valence-corrected chi connectivity index (χ2v) is 5.15. The Hall–Kier alpha value is -1.20. The summed E-state index contributed by atoms with van der Waals surface area (Å²) in [4.78, 5) is 26.6. The maximum Gasteiger partial charge on any atom is 0.249 e. The Labute approximate surface area is 97.2 Å². The van der Waals surface area contributed by atoms with Gasteiger partial charge in [0.25, 0.3) is 0 Å². The zero-order valence-electron chi connectivity index (χ0n) is 8.68. The normalized spacial score (nSPS) is 30.2. The van der Waals surface area contributed by atoms with Crippen LogP contribution in [0.3, 0.4) is 0 Å². The van der Waals surface area contributed by atoms with Crippen LogP contribution < -0.4 is 5.32 Å². The van der Waals surface area contributed by atoms with Crippen molar-refractivity contribution < 1.29 is 9.59 Å². The molecule has 4 nitrogen and oxygen atoms in total. The summed E-state index contributed by atoms with van der Waals surface area (Å²) in [6, 6.07) is 3.53. The van der Waals surface area contributed by atoms with Crippen LogP contribution in [0.4, 0.5) is 0 Å². The molecule has 2 aliphatic rings. The zero-order valence-corrected chi connectivity index (χ0v) is 9.50. The second-order valence-electron chi connectivity index (χ2n) is 4.17. The number of hydrogen-bond donors (Lipinski definition) is 1. The van der Waals surface area contributed by atoms with Gasteiger partial charge in [-0.05, 0) is 24.3 Å². The maximum atomic E-state index is 11.9. The number of fused-ring (bicyclic) bond motifs is 1. The lowest BCUT2D eigenvalue weighted by Gasteiger charge is -2.35. The Morgan fingerprint density at radius 2 is 2.25 bits per heavy atom. The highest BCUT2D eigenvalue weighted by Crippen LogP contribution is 2.34. The van der Waals surface area contributed by atoms with E-state index in [0.717, 1.165) is 24.3 Å². The quantitative estimate of drug-likeness (QED) is 0.737. The molecule has 0 spiro atoms. The first kappa shape index (κ1) is 9.99. The molecule has 1 aromatic heterocycles. The molecule has 2 fully saturated rings. The second kappa shape index (κ2) is 3.68. The number of amides is 2. The molecule has 3 heterocycles. The topological polar surface area (TPSA) is 49.4 Å². The molecule has 2 saturated heterocycles. The molecular weight excluding hydrogens is 224 g/mol. The van der Waals surface area contributed by atoms with Crippen molar-refractivity contribution in [2.45, 2.75) is 24.9 Å². The third kappa shape index (κ3) is 1.39. The average Bonchev–Trinajstić information content (AvgIpc) is 2.86. The van der Waals surface area contributed by atoms with E-state index < -0.39 is 0 Å². The van der Waals surface area contributed by atoms with Crippen molar-refractivity contribution in [3.8, 4) is 0 Å². The molecule has 5 heteroatoms. The van der Waals surface area contributed by atoms with Crippen molar-refractivity contribution >= 4 is 23.2 Å². The van der Waals surface area contributed by atoms with Gasteiger partial charge in [-0.3, -0.25) is 19.8 Å². The van der Waals surface area contributed by atoms with E-state index in [9.17, 15) is 9.59 Å². The fraction of sp³-hybridized carbons (Fsp3) is 0.455. The van der Waals surface area contributed by atoms with Crippen molar-refractivity contribution in [2.24, 2.45) is 0 Å². The molecule has 0 aromatic carbocycles. The number of carbonyl (C=O) groups excluding carboxylic acids is 2. The first-order chi connectivity index (χ1) is 7.77. The molecular formula is C11H12N2O2S. The Morgan fingerprint density at radius 3 is 3.00 bits per heavy atom. The van der Waals surface area contributed by atoms with Gasteiger partial charge in [0.15, 0.2) is 0 Å². The summed E-state index contributed by atoms with van der Waals surface area (Å²) in [7, 11) is 0. The highest BCUT2D eigenvalue weighted by atomic mass is 32.1. The van der Waals surface area contributed by atoms with Crippen molar-refractivity contribution in [1.29, 1.82) is 0 Å². The van der Waals surface area contributed by atoms with Crippen LogP contribution in [0.15, 0.2) is 17.5 Å². The van der Waals surface area contributed by atoms with Crippen molar-refractivity contribution in [2.75, 3.05) is 6.54 Å². The van der Waals surface area contributed by atoms with Crippen LogP contribution in [0.2, 0.25) is 0 Å². The number of rotatable bonds is 1. The van der Waals surface area contributed by atoms with E-state index in [1.54, 1.807) is 11.3 Å². The summed E-state index contributed by atoms with van der Waals surface area (Å²) in [5.74, 6) is -0.305. The predicted molar refractivity (Wildman–Crippen MR) is 59.9 cm³/mol. The SMILES string of the molecule is O=C1NC(=O)[C@@H]2CCCN2[C@H]1c1cccs1. The van der Waals surface area contributed by atoms with Gasteiger partial charge in [0.1, 0.15) is 6.04 Å². The van der Waals surface area contributed by atoms with Gasteiger partial charge in [-0.1, -0.05) is 6.07 Å². The minimum Gasteiger partial charge on any atom is -0.293 e. The smallest absolute Gasteiger partial charge is 0.249 e. The number of hydrogen-bond acceptors (Lipinski definition) is 4. The molecule has 2 atom stereocenters. The van der Waals surface area contributed by atoms with Crippen molar-refractivity contribution in [3.05, 3.63) is 22.4 Å². The molecule has 0 radical (unpaired) electrons. The first-order valence-corrected chi connectivity index (χ1v) is 6.29. The Bertz CT molecular complexity index is 429. The van der Waals surface area contributed by atoms with E-state index in [-0.39, 0.29) is 23.9 Å². The molecule has 1 aromatic rings. The van der Waals surface area contributed by atoms with Crippen LogP contribution in [0.25, 0.3) is 0 Å². The summed E-state index contributed by atoms with van der Waals surface area (Å²) in [6.07, 6.45) is 1.86. The van der Waals surface area contributed by atoms with Crippen molar-refractivity contribution in [3.63, 3.8) is 0 Å². The van der Waals surface area contributed by atoms with Gasteiger partial charge in [-0.15, -0.1) is 11.3 Å². The van der Waals surface area contributed by atoms with Crippen LogP contribution in [-0.2, 0) is 9.59 Å². The number of nitrogens with zero attached hydrogens (tertiary/aromatic N) is 1. The fourth-order valence-corrected chi connectivity index (χ4v) is 3.39. The van der Waals surface area contributed by atoms with E-state index in [1.165, 1.54) is 0 Å². The lowest BCUT2D eigenvalue weighted by Crippen LogP contribution is -2.56. The molecule has 0 aliphatic carbocycles. The number of thiophene rings is 1. The van der Waals surface area contributed by atoms with Crippen LogP contribution in [-0.4, -0.2) is 29.3 Å². The lowest BCUT2D eigenvalue weighted by atomic mass is 10.1. The molecule has 3 rings (SSSR count). The average molecular weight is 236 g/mol. The standard InChI is InChI=1S/C11H12N2O2S/c14-10-7-3-1-5-13(7)9(11(15)12-10)8-4-2-6-16-8/h2,4,6-7,9H,1,3,5H2,(H,12,14,15)/t7-,9-/m0/s1. The molecule has 16 heavy (non-hydrogen) atoms. The highest BCUT2D eigenvalue weighted by molar-refractivity contribution is 7.10. The molecule has 0 bridgehead atoms. The van der Waals surface area contributed by atoms with E-state index in [1.807, 2.05) is 22.4 Å². The van der Waals surface area contributed by atoms with Gasteiger partial charge in [0.05, 0.1) is 6.04 Å². The molecule has 0 unspecified atom stereocenters. The van der Waals surface area contributed by atoms with Crippen LogP contribution in [0.1, 0.15) is 23.8 Å². The van der Waals surface area contributed by atoms with Gasteiger partial charge in [-0.2, -0.15) is 0 Å². The minimum atomic E-state index is -0.259. The molecule has 2 aliphatic heterocycles. The van der Waals surface area contributed by atoms with E-state index in [4.69, 9.17) is 0 Å². The number of nitrogens with one attached hydrogen (secondary N) is 1. The zero-order chi connectivity index (χ0) is 11.1. The summed E-state index contributed by atoms with van der Waals surface area (Å²) >= 11 is 1.57. The Morgan fingerprint density at radius 1 is 1.38 bits per heavy atom. The molecule has 0 saturated carbocycles. The van der Waals surface area contributed by atoms with Gasteiger partial charge >= 0.3 is 0 Å². The minimum absolute atomic E-state index is 0.107. The van der Waals surface area contributed by atoms with Crippen LogP contribution in [0, 0.1) is 0 Å². The van der Waals surface area contributed by atoms with Gasteiger partial charge in [0, 0.05) is 11.4 Å². The third-order valence-electron chi connectivity index (χ3n) is 3.24. The Balaban J connectivity index is 1.97. The van der Waals surface area contributed by atoms with E-state index in [2.05, 4.69) is 5.32 Å². The number of imide groups is 1.